The minimum Gasteiger partial charge on any atom is -0.378 e. The van der Waals surface area contributed by atoms with E-state index in [0.717, 1.165) is 18.9 Å². The van der Waals surface area contributed by atoms with Crippen LogP contribution in [0.4, 0.5) is 5.82 Å². The lowest BCUT2D eigenvalue weighted by Gasteiger charge is -2.27. The zero-order valence-electron chi connectivity index (χ0n) is 16.6. The first kappa shape index (κ1) is 19.3. The number of anilines is 1. The predicted octanol–water partition coefficient (Wildman–Crippen LogP) is 1.81. The van der Waals surface area contributed by atoms with Crippen LogP contribution in [0.2, 0.25) is 0 Å². The molecule has 4 rings (SSSR count). The van der Waals surface area contributed by atoms with Crippen molar-refractivity contribution in [3.63, 3.8) is 0 Å². The number of ether oxygens (including phenoxy) is 1. The fourth-order valence-electron chi connectivity index (χ4n) is 3.42. The Bertz CT molecular complexity index is 952. The molecule has 29 heavy (non-hydrogen) atoms. The summed E-state index contributed by atoms with van der Waals surface area (Å²) in [5, 5.41) is 16.1. The normalized spacial score (nSPS) is 15.4. The highest BCUT2D eigenvalue weighted by Gasteiger charge is 2.16. The number of carbonyl (C=O) groups is 1. The van der Waals surface area contributed by atoms with Gasteiger partial charge in [-0.05, 0) is 23.6 Å². The van der Waals surface area contributed by atoms with Crippen LogP contribution in [0.1, 0.15) is 30.7 Å². The van der Waals surface area contributed by atoms with E-state index in [2.05, 4.69) is 44.6 Å². The quantitative estimate of drug-likeness (QED) is 0.658. The number of hydrogen-bond acceptors (Lipinski definition) is 6. The van der Waals surface area contributed by atoms with E-state index in [1.165, 1.54) is 5.56 Å². The number of morpholine rings is 1. The molecule has 0 saturated carbocycles. The molecular weight excluding hydrogens is 368 g/mol. The van der Waals surface area contributed by atoms with Crippen LogP contribution < -0.4 is 10.2 Å². The number of fused-ring (bicyclic) bond motifs is 1. The van der Waals surface area contributed by atoms with E-state index in [1.807, 2.05) is 30.3 Å². The van der Waals surface area contributed by atoms with Crippen molar-refractivity contribution in [3.8, 4) is 0 Å². The van der Waals surface area contributed by atoms with Gasteiger partial charge in [0.25, 0.3) is 0 Å². The van der Waals surface area contributed by atoms with Crippen molar-refractivity contribution in [1.29, 1.82) is 0 Å². The summed E-state index contributed by atoms with van der Waals surface area (Å²) in [4.78, 5) is 14.5. The predicted molar refractivity (Wildman–Crippen MR) is 110 cm³/mol. The molecule has 1 aliphatic rings. The van der Waals surface area contributed by atoms with E-state index in [-0.39, 0.29) is 11.8 Å². The molecule has 8 nitrogen and oxygen atoms in total. The van der Waals surface area contributed by atoms with Crippen molar-refractivity contribution >= 4 is 17.4 Å². The molecule has 1 atom stereocenters. The van der Waals surface area contributed by atoms with Crippen molar-refractivity contribution < 1.29 is 9.53 Å². The van der Waals surface area contributed by atoms with Gasteiger partial charge < -0.3 is 15.0 Å². The van der Waals surface area contributed by atoms with E-state index < -0.39 is 0 Å². The van der Waals surface area contributed by atoms with Gasteiger partial charge in [0.15, 0.2) is 11.5 Å². The van der Waals surface area contributed by atoms with Crippen LogP contribution in [0.25, 0.3) is 5.65 Å². The third kappa shape index (κ3) is 4.71. The minimum atomic E-state index is 0.00821. The van der Waals surface area contributed by atoms with Crippen LogP contribution in [0.3, 0.4) is 0 Å². The van der Waals surface area contributed by atoms with E-state index in [0.29, 0.717) is 44.1 Å². The molecule has 0 spiro atoms. The zero-order chi connectivity index (χ0) is 20.1. The highest BCUT2D eigenvalue weighted by molar-refractivity contribution is 5.76. The van der Waals surface area contributed by atoms with Gasteiger partial charge in [0.2, 0.25) is 5.91 Å². The molecule has 3 heterocycles. The first-order valence-corrected chi connectivity index (χ1v) is 10.1. The van der Waals surface area contributed by atoms with E-state index in [9.17, 15) is 4.79 Å². The molecule has 3 aromatic rings. The fraction of sp³-hybridized carbons (Fsp3) is 0.429. The first-order chi connectivity index (χ1) is 14.2. The van der Waals surface area contributed by atoms with Gasteiger partial charge in [-0.2, -0.15) is 4.52 Å². The number of aromatic nitrogens is 4. The number of nitrogens with zero attached hydrogens (tertiary/aromatic N) is 5. The lowest BCUT2D eigenvalue weighted by atomic mass is 10.0. The Balaban J connectivity index is 1.34. The molecule has 0 bridgehead atoms. The standard InChI is InChI=1S/C21H26N6O2/c1-16(17-5-3-2-4-6-17)15-22-21(28)10-9-19-24-23-18-7-8-20(25-27(18)19)26-11-13-29-14-12-26/h2-8,16H,9-15H2,1H3,(H,22,28)/t16-/m1/s1. The van der Waals surface area contributed by atoms with Crippen LogP contribution in [-0.2, 0) is 16.0 Å². The SMILES string of the molecule is C[C@H](CNC(=O)CCc1nnc2ccc(N3CCOCC3)nn12)c1ccccc1. The molecule has 0 radical (unpaired) electrons. The van der Waals surface area contributed by atoms with Gasteiger partial charge in [-0.3, -0.25) is 4.79 Å². The second kappa shape index (κ2) is 9.00. The second-order valence-corrected chi connectivity index (χ2v) is 7.29. The molecule has 152 valence electrons. The monoisotopic (exact) mass is 394 g/mol. The van der Waals surface area contributed by atoms with Gasteiger partial charge in [0.1, 0.15) is 5.82 Å². The lowest BCUT2D eigenvalue weighted by molar-refractivity contribution is -0.121. The Hall–Kier alpha value is -3.00. The van der Waals surface area contributed by atoms with E-state index in [4.69, 9.17) is 4.74 Å². The van der Waals surface area contributed by atoms with Gasteiger partial charge in [0.05, 0.1) is 13.2 Å². The average molecular weight is 394 g/mol. The summed E-state index contributed by atoms with van der Waals surface area (Å²) in [6.45, 7) is 5.77. The minimum absolute atomic E-state index is 0.00821. The number of rotatable bonds is 7. The second-order valence-electron chi connectivity index (χ2n) is 7.29. The summed E-state index contributed by atoms with van der Waals surface area (Å²) in [7, 11) is 0. The highest BCUT2D eigenvalue weighted by atomic mass is 16.5. The first-order valence-electron chi connectivity index (χ1n) is 10.1. The number of hydrogen-bond donors (Lipinski definition) is 1. The van der Waals surface area contributed by atoms with Crippen molar-refractivity contribution in [1.82, 2.24) is 25.1 Å². The van der Waals surface area contributed by atoms with Gasteiger partial charge in [-0.25, -0.2) is 0 Å². The number of nitrogens with one attached hydrogen (secondary N) is 1. The topological polar surface area (TPSA) is 84.7 Å². The molecule has 1 amide bonds. The van der Waals surface area contributed by atoms with E-state index in [1.54, 1.807) is 4.52 Å². The summed E-state index contributed by atoms with van der Waals surface area (Å²) >= 11 is 0. The Morgan fingerprint density at radius 2 is 1.93 bits per heavy atom. The molecule has 1 aliphatic heterocycles. The molecule has 1 saturated heterocycles. The zero-order valence-corrected chi connectivity index (χ0v) is 16.6. The van der Waals surface area contributed by atoms with E-state index >= 15 is 0 Å². The Kier molecular flexibility index (Phi) is 6.00. The smallest absolute Gasteiger partial charge is 0.220 e. The Morgan fingerprint density at radius 1 is 1.14 bits per heavy atom. The van der Waals surface area contributed by atoms with Gasteiger partial charge >= 0.3 is 0 Å². The van der Waals surface area contributed by atoms with Crippen LogP contribution >= 0.6 is 0 Å². The maximum atomic E-state index is 12.3. The summed E-state index contributed by atoms with van der Waals surface area (Å²) < 4.78 is 7.15. The molecule has 1 aromatic carbocycles. The lowest BCUT2D eigenvalue weighted by Crippen LogP contribution is -2.37. The summed E-state index contributed by atoms with van der Waals surface area (Å²) in [5.41, 5.74) is 1.91. The number of amides is 1. The number of benzene rings is 1. The molecule has 1 N–H and O–H groups in total. The number of aryl methyl sites for hydroxylation is 1. The van der Waals surface area contributed by atoms with Crippen LogP contribution in [0, 0.1) is 0 Å². The Morgan fingerprint density at radius 3 is 2.72 bits per heavy atom. The third-order valence-corrected chi connectivity index (χ3v) is 5.20. The molecule has 0 unspecified atom stereocenters. The van der Waals surface area contributed by atoms with Gasteiger partial charge in [-0.1, -0.05) is 37.3 Å². The molecule has 2 aromatic heterocycles. The maximum absolute atomic E-state index is 12.3. The van der Waals surface area contributed by atoms with Crippen LogP contribution in [0.15, 0.2) is 42.5 Å². The maximum Gasteiger partial charge on any atom is 0.220 e. The van der Waals surface area contributed by atoms with Gasteiger partial charge in [-0.15, -0.1) is 15.3 Å². The van der Waals surface area contributed by atoms with Crippen molar-refractivity contribution in [2.45, 2.75) is 25.7 Å². The molecule has 0 aliphatic carbocycles. The Labute approximate surface area is 169 Å². The van der Waals surface area contributed by atoms with Gasteiger partial charge in [0, 0.05) is 32.5 Å². The highest BCUT2D eigenvalue weighted by Crippen LogP contribution is 2.15. The summed E-state index contributed by atoms with van der Waals surface area (Å²) in [6.07, 6.45) is 0.845. The van der Waals surface area contributed by atoms with Crippen LogP contribution in [-0.4, -0.2) is 58.6 Å². The van der Waals surface area contributed by atoms with Crippen LogP contribution in [0.5, 0.6) is 0 Å². The van der Waals surface area contributed by atoms with Crippen molar-refractivity contribution in [3.05, 3.63) is 53.9 Å². The third-order valence-electron chi connectivity index (χ3n) is 5.20. The molecular formula is C21H26N6O2. The van der Waals surface area contributed by atoms with Crippen molar-refractivity contribution in [2.24, 2.45) is 0 Å². The summed E-state index contributed by atoms with van der Waals surface area (Å²) in [5.74, 6) is 1.85. The summed E-state index contributed by atoms with van der Waals surface area (Å²) in [6, 6.07) is 14.1. The molecule has 1 fully saturated rings. The largest absolute Gasteiger partial charge is 0.378 e. The average Bonchev–Trinajstić information content (AvgIpc) is 3.19. The number of carbonyl (C=O) groups excluding carboxylic acids is 1. The fourth-order valence-corrected chi connectivity index (χ4v) is 3.42. The molecule has 8 heteroatoms. The van der Waals surface area contributed by atoms with Crippen molar-refractivity contribution in [2.75, 3.05) is 37.7 Å².